The molecule has 17 heavy (non-hydrogen) atoms. The Balaban J connectivity index is 1.85. The summed E-state index contributed by atoms with van der Waals surface area (Å²) < 4.78 is 5.30. The fraction of sp³-hybridized carbons (Fsp3) is 0.462. The van der Waals surface area contributed by atoms with Crippen molar-refractivity contribution in [3.05, 3.63) is 35.9 Å². The minimum Gasteiger partial charge on any atom is -0.445 e. The molecule has 0 spiro atoms. The zero-order valence-corrected chi connectivity index (χ0v) is 10.6. The number of benzene rings is 1. The molecule has 2 rings (SSSR count). The highest BCUT2D eigenvalue weighted by Gasteiger charge is 2.28. The van der Waals surface area contributed by atoms with Gasteiger partial charge in [-0.25, -0.2) is 4.79 Å². The number of hydrogen-bond acceptors (Lipinski definition) is 3. The van der Waals surface area contributed by atoms with E-state index in [2.05, 4.69) is 12.6 Å². The molecular formula is C13H17NO2S. The number of amides is 1. The number of carbonyl (C=O) groups is 1. The largest absolute Gasteiger partial charge is 0.445 e. The quantitative estimate of drug-likeness (QED) is 0.837. The number of ether oxygens (including phenoxy) is 1. The lowest BCUT2D eigenvalue weighted by molar-refractivity contribution is 0.0950. The minimum atomic E-state index is -0.217. The van der Waals surface area contributed by atoms with Crippen molar-refractivity contribution in [1.29, 1.82) is 0 Å². The molecule has 0 unspecified atom stereocenters. The van der Waals surface area contributed by atoms with Crippen molar-refractivity contribution in [2.75, 3.05) is 12.3 Å². The molecule has 1 aliphatic heterocycles. The number of rotatable bonds is 3. The summed E-state index contributed by atoms with van der Waals surface area (Å²) in [6.45, 7) is 1.13. The van der Waals surface area contributed by atoms with Crippen LogP contribution in [0.25, 0.3) is 0 Å². The van der Waals surface area contributed by atoms with Gasteiger partial charge in [-0.3, -0.25) is 0 Å². The molecule has 3 nitrogen and oxygen atoms in total. The van der Waals surface area contributed by atoms with Gasteiger partial charge in [-0.15, -0.1) is 0 Å². The Kier molecular flexibility index (Phi) is 4.31. The van der Waals surface area contributed by atoms with Crippen LogP contribution in [0.3, 0.4) is 0 Å². The second-order valence-electron chi connectivity index (χ2n) is 4.21. The maximum absolute atomic E-state index is 11.9. The van der Waals surface area contributed by atoms with E-state index in [1.807, 2.05) is 30.3 Å². The Morgan fingerprint density at radius 3 is 2.88 bits per heavy atom. The van der Waals surface area contributed by atoms with E-state index in [4.69, 9.17) is 4.74 Å². The topological polar surface area (TPSA) is 29.5 Å². The van der Waals surface area contributed by atoms with Crippen LogP contribution in [0, 0.1) is 0 Å². The molecule has 1 aromatic carbocycles. The summed E-state index contributed by atoms with van der Waals surface area (Å²) in [6.07, 6.45) is 1.86. The molecule has 1 heterocycles. The smallest absolute Gasteiger partial charge is 0.410 e. The summed E-state index contributed by atoms with van der Waals surface area (Å²) in [6, 6.07) is 9.97. The number of nitrogens with zero attached hydrogens (tertiary/aromatic N) is 1. The lowest BCUT2D eigenvalue weighted by Gasteiger charge is -2.22. The molecule has 4 heteroatoms. The predicted molar refractivity (Wildman–Crippen MR) is 70.2 cm³/mol. The lowest BCUT2D eigenvalue weighted by Crippen LogP contribution is -2.36. The van der Waals surface area contributed by atoms with Crippen molar-refractivity contribution in [3.8, 4) is 0 Å². The van der Waals surface area contributed by atoms with Gasteiger partial charge in [-0.05, 0) is 18.4 Å². The Morgan fingerprint density at radius 1 is 1.41 bits per heavy atom. The fourth-order valence-electron chi connectivity index (χ4n) is 2.07. The highest BCUT2D eigenvalue weighted by Crippen LogP contribution is 2.19. The second-order valence-corrected chi connectivity index (χ2v) is 4.58. The third-order valence-electron chi connectivity index (χ3n) is 3.03. The first-order chi connectivity index (χ1) is 8.31. The van der Waals surface area contributed by atoms with Crippen LogP contribution in [0.15, 0.2) is 30.3 Å². The van der Waals surface area contributed by atoms with E-state index >= 15 is 0 Å². The van der Waals surface area contributed by atoms with Gasteiger partial charge in [0.05, 0.1) is 0 Å². The first-order valence-corrected chi connectivity index (χ1v) is 6.52. The molecule has 1 saturated heterocycles. The SMILES string of the molecule is O=C(OCc1ccccc1)N1CCC[C@H]1CS. The standard InChI is InChI=1S/C13H17NO2S/c15-13(14-8-4-7-12(14)10-17)16-9-11-5-2-1-3-6-11/h1-3,5-6,12,17H,4,7-10H2/t12-/m0/s1. The van der Waals surface area contributed by atoms with Crippen molar-refractivity contribution >= 4 is 18.7 Å². The van der Waals surface area contributed by atoms with Gasteiger partial charge in [0.25, 0.3) is 0 Å². The maximum atomic E-state index is 11.9. The predicted octanol–water partition coefficient (Wildman–Crippen LogP) is 2.72. The van der Waals surface area contributed by atoms with E-state index in [-0.39, 0.29) is 12.1 Å². The monoisotopic (exact) mass is 251 g/mol. The zero-order chi connectivity index (χ0) is 12.1. The van der Waals surface area contributed by atoms with Gasteiger partial charge < -0.3 is 9.64 Å². The highest BCUT2D eigenvalue weighted by molar-refractivity contribution is 7.80. The molecule has 0 aromatic heterocycles. The molecule has 0 radical (unpaired) electrons. The van der Waals surface area contributed by atoms with E-state index in [9.17, 15) is 4.79 Å². The van der Waals surface area contributed by atoms with E-state index in [1.165, 1.54) is 0 Å². The Bertz CT molecular complexity index is 369. The average molecular weight is 251 g/mol. The lowest BCUT2D eigenvalue weighted by atomic mass is 10.2. The van der Waals surface area contributed by atoms with Gasteiger partial charge in [-0.2, -0.15) is 12.6 Å². The number of hydrogen-bond donors (Lipinski definition) is 1. The van der Waals surface area contributed by atoms with Crippen LogP contribution in [-0.2, 0) is 11.3 Å². The third-order valence-corrected chi connectivity index (χ3v) is 3.45. The van der Waals surface area contributed by atoms with Crippen molar-refractivity contribution in [2.24, 2.45) is 0 Å². The molecule has 0 aliphatic carbocycles. The molecule has 1 fully saturated rings. The van der Waals surface area contributed by atoms with Crippen molar-refractivity contribution in [2.45, 2.75) is 25.5 Å². The molecule has 1 atom stereocenters. The van der Waals surface area contributed by atoms with Crippen LogP contribution < -0.4 is 0 Å². The van der Waals surface area contributed by atoms with Gasteiger partial charge in [0.2, 0.25) is 0 Å². The van der Waals surface area contributed by atoms with E-state index < -0.39 is 0 Å². The van der Waals surface area contributed by atoms with Crippen LogP contribution in [0.5, 0.6) is 0 Å². The molecule has 1 aromatic rings. The normalized spacial score (nSPS) is 19.4. The van der Waals surface area contributed by atoms with Crippen molar-refractivity contribution < 1.29 is 9.53 Å². The van der Waals surface area contributed by atoms with Crippen molar-refractivity contribution in [3.63, 3.8) is 0 Å². The van der Waals surface area contributed by atoms with E-state index in [0.29, 0.717) is 12.4 Å². The average Bonchev–Trinajstić information content (AvgIpc) is 2.85. The summed E-state index contributed by atoms with van der Waals surface area (Å²) >= 11 is 4.26. The van der Waals surface area contributed by atoms with Gasteiger partial charge in [0.1, 0.15) is 6.61 Å². The van der Waals surface area contributed by atoms with E-state index in [1.54, 1.807) is 4.90 Å². The van der Waals surface area contributed by atoms with Crippen LogP contribution >= 0.6 is 12.6 Å². The summed E-state index contributed by atoms with van der Waals surface area (Å²) in [5.74, 6) is 0.709. The van der Waals surface area contributed by atoms with Gasteiger partial charge in [0, 0.05) is 18.3 Å². The fourth-order valence-corrected chi connectivity index (χ4v) is 2.45. The summed E-state index contributed by atoms with van der Waals surface area (Å²) in [5, 5.41) is 0. The third kappa shape index (κ3) is 3.16. The highest BCUT2D eigenvalue weighted by atomic mass is 32.1. The molecule has 0 bridgehead atoms. The summed E-state index contributed by atoms with van der Waals surface area (Å²) in [4.78, 5) is 13.6. The minimum absolute atomic E-state index is 0.217. The second kappa shape index (κ2) is 5.96. The van der Waals surface area contributed by atoms with Crippen LogP contribution in [0.4, 0.5) is 4.79 Å². The van der Waals surface area contributed by atoms with Crippen LogP contribution in [0.2, 0.25) is 0 Å². The zero-order valence-electron chi connectivity index (χ0n) is 9.71. The maximum Gasteiger partial charge on any atom is 0.410 e. The Morgan fingerprint density at radius 2 is 2.18 bits per heavy atom. The number of thiol groups is 1. The molecule has 1 amide bonds. The molecule has 0 N–H and O–H groups in total. The van der Waals surface area contributed by atoms with Crippen LogP contribution in [0.1, 0.15) is 18.4 Å². The molecule has 92 valence electrons. The molecule has 1 aliphatic rings. The van der Waals surface area contributed by atoms with Crippen LogP contribution in [-0.4, -0.2) is 29.3 Å². The molecule has 0 saturated carbocycles. The summed E-state index contributed by atoms with van der Waals surface area (Å²) in [7, 11) is 0. The first-order valence-electron chi connectivity index (χ1n) is 5.89. The van der Waals surface area contributed by atoms with E-state index in [0.717, 1.165) is 24.9 Å². The number of carbonyl (C=O) groups excluding carboxylic acids is 1. The Hall–Kier alpha value is -1.16. The molecular weight excluding hydrogens is 234 g/mol. The summed E-state index contributed by atoms with van der Waals surface area (Å²) in [5.41, 5.74) is 1.02. The van der Waals surface area contributed by atoms with Gasteiger partial charge >= 0.3 is 6.09 Å². The number of likely N-dealkylation sites (tertiary alicyclic amines) is 1. The van der Waals surface area contributed by atoms with Crippen molar-refractivity contribution in [1.82, 2.24) is 4.90 Å². The van der Waals surface area contributed by atoms with Gasteiger partial charge in [0.15, 0.2) is 0 Å². The van der Waals surface area contributed by atoms with Gasteiger partial charge in [-0.1, -0.05) is 30.3 Å². The first kappa shape index (κ1) is 12.3. The Labute approximate surface area is 107 Å².